The lowest BCUT2D eigenvalue weighted by Crippen LogP contribution is -2.30. The summed E-state index contributed by atoms with van der Waals surface area (Å²) in [6.07, 6.45) is 1.01. The largest absolute Gasteiger partial charge is 0.465 e. The first-order valence-electron chi connectivity index (χ1n) is 3.78. The van der Waals surface area contributed by atoms with Gasteiger partial charge >= 0.3 is 6.09 Å². The molecule has 0 saturated heterocycles. The summed E-state index contributed by atoms with van der Waals surface area (Å²) in [6, 6.07) is 0. The fourth-order valence-corrected chi connectivity index (χ4v) is 0.887. The molecule has 0 radical (unpaired) electrons. The number of unbranched alkanes of at least 4 members (excludes halogenated alkanes) is 1. The maximum atomic E-state index is 10.6. The van der Waals surface area contributed by atoms with Crippen molar-refractivity contribution in [3.05, 3.63) is 0 Å². The lowest BCUT2D eigenvalue weighted by atomic mass is 10.3. The van der Waals surface area contributed by atoms with Gasteiger partial charge in [-0.3, -0.25) is 4.90 Å². The molecule has 1 N–H and O–H groups in total. The van der Waals surface area contributed by atoms with Crippen molar-refractivity contribution in [3.8, 4) is 9.85 Å². The molecule has 0 fully saturated rings. The highest BCUT2D eigenvalue weighted by molar-refractivity contribution is 14.1. The number of carbonyl (C=O) groups is 1. The van der Waals surface area contributed by atoms with Crippen molar-refractivity contribution in [1.29, 1.82) is 0 Å². The Morgan fingerprint density at radius 1 is 1.67 bits per heavy atom. The van der Waals surface area contributed by atoms with Crippen molar-refractivity contribution in [3.63, 3.8) is 0 Å². The summed E-state index contributed by atoms with van der Waals surface area (Å²) >= 11 is 1.90. The minimum absolute atomic E-state index is 0.318. The predicted octanol–water partition coefficient (Wildman–Crippen LogP) is 2.16. The zero-order valence-electron chi connectivity index (χ0n) is 7.01. The fraction of sp³-hybridized carbons (Fsp3) is 0.625. The van der Waals surface area contributed by atoms with Crippen molar-refractivity contribution in [1.82, 2.24) is 4.90 Å². The van der Waals surface area contributed by atoms with Crippen molar-refractivity contribution in [2.24, 2.45) is 0 Å². The van der Waals surface area contributed by atoms with Crippen LogP contribution in [0.4, 0.5) is 4.79 Å². The van der Waals surface area contributed by atoms with Crippen LogP contribution in [-0.2, 0) is 0 Å². The van der Waals surface area contributed by atoms with Gasteiger partial charge in [0.15, 0.2) is 0 Å². The molecule has 0 aliphatic carbocycles. The Bertz CT molecular complexity index is 195. The summed E-state index contributed by atoms with van der Waals surface area (Å²) in [5.74, 6) is 2.72. The molecule has 0 aromatic carbocycles. The third-order valence-electron chi connectivity index (χ3n) is 1.39. The first-order valence-corrected chi connectivity index (χ1v) is 4.86. The molecule has 0 rings (SSSR count). The average Bonchev–Trinajstić information content (AvgIpc) is 2.04. The van der Waals surface area contributed by atoms with Gasteiger partial charge in [0, 0.05) is 29.1 Å². The van der Waals surface area contributed by atoms with E-state index in [1.165, 1.54) is 4.90 Å². The van der Waals surface area contributed by atoms with Gasteiger partial charge in [-0.15, -0.1) is 0 Å². The molecular formula is C8H12INO2. The highest BCUT2D eigenvalue weighted by Gasteiger charge is 2.07. The Hall–Kier alpha value is -0.440. The summed E-state index contributed by atoms with van der Waals surface area (Å²) in [6.45, 7) is 2.93. The number of nitrogens with zero attached hydrogens (tertiary/aromatic N) is 1. The maximum Gasteiger partial charge on any atom is 0.408 e. The lowest BCUT2D eigenvalue weighted by molar-refractivity contribution is 0.150. The molecule has 0 bridgehead atoms. The Morgan fingerprint density at radius 3 is 2.75 bits per heavy atom. The van der Waals surface area contributed by atoms with E-state index >= 15 is 0 Å². The molecule has 3 nitrogen and oxygen atoms in total. The number of rotatable bonds is 4. The number of hydrogen-bond donors (Lipinski definition) is 1. The third kappa shape index (κ3) is 5.24. The normalized spacial score (nSPS) is 8.50. The molecule has 0 saturated carbocycles. The van der Waals surface area contributed by atoms with Crippen LogP contribution >= 0.6 is 22.6 Å². The molecule has 0 spiro atoms. The van der Waals surface area contributed by atoms with Crippen LogP contribution in [0.15, 0.2) is 0 Å². The van der Waals surface area contributed by atoms with E-state index in [9.17, 15) is 4.79 Å². The Labute approximate surface area is 86.3 Å². The van der Waals surface area contributed by atoms with Crippen molar-refractivity contribution in [2.45, 2.75) is 19.8 Å². The molecule has 1 amide bonds. The van der Waals surface area contributed by atoms with E-state index in [0.717, 1.165) is 12.8 Å². The first kappa shape index (κ1) is 11.6. The molecular weight excluding hydrogens is 269 g/mol. The van der Waals surface area contributed by atoms with Crippen LogP contribution < -0.4 is 0 Å². The number of carboxylic acid groups (broad SMARTS) is 1. The molecule has 0 unspecified atom stereocenters. The minimum Gasteiger partial charge on any atom is -0.465 e. The second-order valence-corrected chi connectivity index (χ2v) is 2.87. The van der Waals surface area contributed by atoms with Gasteiger partial charge in [-0.2, -0.15) is 0 Å². The van der Waals surface area contributed by atoms with Gasteiger partial charge in [-0.05, 0) is 10.3 Å². The fourth-order valence-electron chi connectivity index (χ4n) is 0.717. The van der Waals surface area contributed by atoms with E-state index in [-0.39, 0.29) is 0 Å². The van der Waals surface area contributed by atoms with Crippen LogP contribution in [0.2, 0.25) is 0 Å². The van der Waals surface area contributed by atoms with Gasteiger partial charge in [0.25, 0.3) is 0 Å². The van der Waals surface area contributed by atoms with Gasteiger partial charge in [0.2, 0.25) is 0 Å². The van der Waals surface area contributed by atoms with Crippen molar-refractivity contribution >= 4 is 28.7 Å². The molecule has 0 aromatic heterocycles. The monoisotopic (exact) mass is 281 g/mol. The van der Waals surface area contributed by atoms with Gasteiger partial charge in [-0.1, -0.05) is 19.3 Å². The topological polar surface area (TPSA) is 40.5 Å². The van der Waals surface area contributed by atoms with E-state index in [2.05, 4.69) is 9.85 Å². The summed E-state index contributed by atoms with van der Waals surface area (Å²) < 4.78 is 2.64. The van der Waals surface area contributed by atoms with Crippen molar-refractivity contribution in [2.75, 3.05) is 13.1 Å². The van der Waals surface area contributed by atoms with Gasteiger partial charge in [0.1, 0.15) is 0 Å². The second-order valence-electron chi connectivity index (χ2n) is 2.33. The van der Waals surface area contributed by atoms with Crippen LogP contribution in [0.1, 0.15) is 19.8 Å². The van der Waals surface area contributed by atoms with E-state index in [0.29, 0.717) is 13.1 Å². The Kier molecular flexibility index (Phi) is 6.96. The summed E-state index contributed by atoms with van der Waals surface area (Å²) in [7, 11) is 0. The van der Waals surface area contributed by atoms with Crippen molar-refractivity contribution < 1.29 is 9.90 Å². The van der Waals surface area contributed by atoms with Crippen LogP contribution in [0.25, 0.3) is 0 Å². The lowest BCUT2D eigenvalue weighted by Gasteiger charge is -2.14. The zero-order valence-corrected chi connectivity index (χ0v) is 9.17. The van der Waals surface area contributed by atoms with Gasteiger partial charge in [-0.25, -0.2) is 4.79 Å². The molecule has 4 heteroatoms. The highest BCUT2D eigenvalue weighted by atomic mass is 127. The smallest absolute Gasteiger partial charge is 0.408 e. The van der Waals surface area contributed by atoms with Gasteiger partial charge in [0.05, 0.1) is 6.54 Å². The standard InChI is InChI=1S/C8H12INO2/c1-2-3-6-10(8(11)12)7-4-5-9/h2-3,6-7H2,1H3,(H,11,12). The summed E-state index contributed by atoms with van der Waals surface area (Å²) in [5, 5.41) is 8.68. The van der Waals surface area contributed by atoms with Crippen LogP contribution in [-0.4, -0.2) is 29.2 Å². The van der Waals surface area contributed by atoms with E-state index in [1.54, 1.807) is 0 Å². The number of hydrogen-bond acceptors (Lipinski definition) is 1. The molecule has 12 heavy (non-hydrogen) atoms. The van der Waals surface area contributed by atoms with Gasteiger partial charge < -0.3 is 5.11 Å². The highest BCUT2D eigenvalue weighted by Crippen LogP contribution is 1.94. The molecule has 0 aromatic rings. The zero-order chi connectivity index (χ0) is 9.40. The molecule has 0 aliphatic heterocycles. The Balaban J connectivity index is 3.83. The molecule has 68 valence electrons. The molecule has 0 aliphatic rings. The predicted molar refractivity (Wildman–Crippen MR) is 56.3 cm³/mol. The third-order valence-corrected chi connectivity index (χ3v) is 1.77. The van der Waals surface area contributed by atoms with Crippen LogP contribution in [0, 0.1) is 9.85 Å². The van der Waals surface area contributed by atoms with E-state index in [4.69, 9.17) is 5.11 Å². The quantitative estimate of drug-likeness (QED) is 0.633. The molecule has 0 heterocycles. The first-order chi connectivity index (χ1) is 5.72. The van der Waals surface area contributed by atoms with E-state index < -0.39 is 6.09 Å². The van der Waals surface area contributed by atoms with Crippen LogP contribution in [0.5, 0.6) is 0 Å². The molecule has 0 atom stereocenters. The average molecular weight is 281 g/mol. The van der Waals surface area contributed by atoms with E-state index in [1.807, 2.05) is 29.5 Å². The minimum atomic E-state index is -0.886. The van der Waals surface area contributed by atoms with Crippen LogP contribution in [0.3, 0.4) is 0 Å². The Morgan fingerprint density at radius 2 is 2.33 bits per heavy atom. The number of amides is 1. The maximum absolute atomic E-state index is 10.6. The number of halogens is 1. The summed E-state index contributed by atoms with van der Waals surface area (Å²) in [4.78, 5) is 11.9. The second kappa shape index (κ2) is 7.22. The SMILES string of the molecule is CCCCN(CC#CI)C(=O)O. The summed E-state index contributed by atoms with van der Waals surface area (Å²) in [5.41, 5.74) is 0.